The number of nitrogens with zero attached hydrogens (tertiary/aromatic N) is 1. The van der Waals surface area contributed by atoms with E-state index in [0.29, 0.717) is 17.7 Å². The van der Waals surface area contributed by atoms with Crippen LogP contribution in [0.4, 0.5) is 4.39 Å². The second-order valence-electron chi connectivity index (χ2n) is 7.20. The van der Waals surface area contributed by atoms with Crippen LogP contribution in [0.25, 0.3) is 5.76 Å². The minimum atomic E-state index is -0.970. The van der Waals surface area contributed by atoms with E-state index in [0.717, 1.165) is 0 Å². The summed E-state index contributed by atoms with van der Waals surface area (Å²) in [4.78, 5) is 26.7. The van der Waals surface area contributed by atoms with Crippen LogP contribution in [0.2, 0.25) is 0 Å². The molecule has 1 aliphatic heterocycles. The lowest BCUT2D eigenvalue weighted by Crippen LogP contribution is -2.30. The van der Waals surface area contributed by atoms with E-state index in [1.165, 1.54) is 23.1 Å². The Morgan fingerprint density at radius 2 is 1.79 bits per heavy atom. The van der Waals surface area contributed by atoms with Crippen molar-refractivity contribution in [2.45, 2.75) is 39.3 Å². The number of aliphatic hydroxyl groups is 1. The molecule has 1 heterocycles. The number of aliphatic hydroxyl groups excluding tert-OH is 1. The molecule has 1 unspecified atom stereocenters. The molecule has 0 saturated carbocycles. The first-order chi connectivity index (χ1) is 13.8. The summed E-state index contributed by atoms with van der Waals surface area (Å²) >= 11 is 0. The lowest BCUT2D eigenvalue weighted by molar-refractivity contribution is -0.139. The number of likely N-dealkylation sites (tertiary alicyclic amines) is 1. The van der Waals surface area contributed by atoms with E-state index in [1.54, 1.807) is 30.3 Å². The van der Waals surface area contributed by atoms with Crippen LogP contribution in [0, 0.1) is 5.82 Å². The molecule has 0 spiro atoms. The highest BCUT2D eigenvalue weighted by Crippen LogP contribution is 2.40. The number of ether oxygens (including phenoxy) is 1. The molecule has 1 N–H and O–H groups in total. The summed E-state index contributed by atoms with van der Waals surface area (Å²) in [6, 6.07) is 11.6. The van der Waals surface area contributed by atoms with E-state index in [-0.39, 0.29) is 29.5 Å². The second-order valence-corrected chi connectivity index (χ2v) is 7.20. The first-order valence-corrected chi connectivity index (χ1v) is 9.65. The van der Waals surface area contributed by atoms with E-state index in [2.05, 4.69) is 0 Å². The van der Waals surface area contributed by atoms with Crippen molar-refractivity contribution in [2.75, 3.05) is 6.54 Å². The van der Waals surface area contributed by atoms with Gasteiger partial charge in [-0.3, -0.25) is 9.59 Å². The molecule has 0 bridgehead atoms. The Bertz CT molecular complexity index is 950. The molecule has 0 radical (unpaired) electrons. The molecule has 2 aromatic rings. The number of hydrogen-bond acceptors (Lipinski definition) is 4. The largest absolute Gasteiger partial charge is 0.507 e. The number of amides is 1. The molecular weight excluding hydrogens is 373 g/mol. The molecule has 1 amide bonds. The number of rotatable bonds is 6. The highest BCUT2D eigenvalue weighted by Gasteiger charge is 2.46. The number of carbonyl (C=O) groups is 2. The number of halogens is 1. The van der Waals surface area contributed by atoms with Gasteiger partial charge < -0.3 is 14.7 Å². The highest BCUT2D eigenvalue weighted by atomic mass is 19.1. The van der Waals surface area contributed by atoms with Crippen LogP contribution in [-0.2, 0) is 9.59 Å². The lowest BCUT2D eigenvalue weighted by atomic mass is 9.95. The van der Waals surface area contributed by atoms with Gasteiger partial charge in [-0.15, -0.1) is 0 Å². The molecule has 29 heavy (non-hydrogen) atoms. The van der Waals surface area contributed by atoms with Gasteiger partial charge in [0.2, 0.25) is 0 Å². The Morgan fingerprint density at radius 1 is 1.14 bits per heavy atom. The maximum atomic E-state index is 14.6. The summed E-state index contributed by atoms with van der Waals surface area (Å²) in [5, 5.41) is 10.9. The van der Waals surface area contributed by atoms with Crippen molar-refractivity contribution >= 4 is 17.4 Å². The van der Waals surface area contributed by atoms with Gasteiger partial charge in [0.05, 0.1) is 17.7 Å². The van der Waals surface area contributed by atoms with Crippen LogP contribution in [0.5, 0.6) is 5.75 Å². The average molecular weight is 397 g/mol. The number of Topliss-reactive ketones (excluding diaryl/α,β-unsaturated/α-hetero) is 1. The SMILES string of the molecule is CCCN1C(=O)C(=O)/C(=C(\O)c2ccc(OC(C)C)cc2)C1c1ccccc1F. The van der Waals surface area contributed by atoms with E-state index < -0.39 is 23.5 Å². The summed E-state index contributed by atoms with van der Waals surface area (Å²) in [6.07, 6.45) is 0.592. The summed E-state index contributed by atoms with van der Waals surface area (Å²) in [5.74, 6) is -1.79. The Balaban J connectivity index is 2.11. The molecule has 3 rings (SSSR count). The first kappa shape index (κ1) is 20.6. The molecule has 1 aliphatic rings. The van der Waals surface area contributed by atoms with Gasteiger partial charge in [-0.25, -0.2) is 4.39 Å². The Hall–Kier alpha value is -3.15. The molecule has 1 fully saturated rings. The van der Waals surface area contributed by atoms with E-state index >= 15 is 0 Å². The molecule has 152 valence electrons. The quantitative estimate of drug-likeness (QED) is 0.444. The molecule has 1 saturated heterocycles. The zero-order chi connectivity index (χ0) is 21.1. The van der Waals surface area contributed by atoms with Crippen LogP contribution in [-0.4, -0.2) is 34.3 Å². The topological polar surface area (TPSA) is 66.8 Å². The molecule has 5 nitrogen and oxygen atoms in total. The number of benzene rings is 2. The predicted molar refractivity (Wildman–Crippen MR) is 108 cm³/mol. The third kappa shape index (κ3) is 4.01. The van der Waals surface area contributed by atoms with Gasteiger partial charge >= 0.3 is 0 Å². The van der Waals surface area contributed by atoms with E-state index in [1.807, 2.05) is 20.8 Å². The van der Waals surface area contributed by atoms with Crippen LogP contribution >= 0.6 is 0 Å². The van der Waals surface area contributed by atoms with Crippen molar-refractivity contribution in [3.05, 3.63) is 71.0 Å². The van der Waals surface area contributed by atoms with Crippen molar-refractivity contribution in [3.63, 3.8) is 0 Å². The summed E-state index contributed by atoms with van der Waals surface area (Å²) in [6.45, 7) is 5.95. The van der Waals surface area contributed by atoms with Gasteiger partial charge in [0.25, 0.3) is 11.7 Å². The summed E-state index contributed by atoms with van der Waals surface area (Å²) in [7, 11) is 0. The molecular formula is C23H24FNO4. The summed E-state index contributed by atoms with van der Waals surface area (Å²) < 4.78 is 20.1. The fraction of sp³-hybridized carbons (Fsp3) is 0.304. The molecule has 0 aliphatic carbocycles. The zero-order valence-corrected chi connectivity index (χ0v) is 16.7. The standard InChI is InChI=1S/C23H24FNO4/c1-4-13-25-20(17-7-5-6-8-18(17)24)19(22(27)23(25)28)21(26)15-9-11-16(12-10-15)29-14(2)3/h5-12,14,20,26H,4,13H2,1-3H3/b21-19-. The monoisotopic (exact) mass is 397 g/mol. The van der Waals surface area contributed by atoms with Crippen molar-refractivity contribution in [3.8, 4) is 5.75 Å². The van der Waals surface area contributed by atoms with Crippen molar-refractivity contribution in [2.24, 2.45) is 0 Å². The first-order valence-electron chi connectivity index (χ1n) is 9.65. The van der Waals surface area contributed by atoms with Crippen molar-refractivity contribution in [1.29, 1.82) is 0 Å². The lowest BCUT2D eigenvalue weighted by Gasteiger charge is -2.25. The molecule has 1 atom stereocenters. The van der Waals surface area contributed by atoms with Gasteiger partial charge in [0, 0.05) is 17.7 Å². The van der Waals surface area contributed by atoms with Gasteiger partial charge in [-0.05, 0) is 50.6 Å². The average Bonchev–Trinajstić information content (AvgIpc) is 2.93. The van der Waals surface area contributed by atoms with Gasteiger partial charge in [0.1, 0.15) is 17.3 Å². The Labute approximate surface area is 169 Å². The van der Waals surface area contributed by atoms with Crippen LogP contribution in [0.15, 0.2) is 54.1 Å². The fourth-order valence-electron chi connectivity index (χ4n) is 3.49. The van der Waals surface area contributed by atoms with Gasteiger partial charge in [0.15, 0.2) is 0 Å². The predicted octanol–water partition coefficient (Wildman–Crippen LogP) is 4.44. The third-order valence-corrected chi connectivity index (χ3v) is 4.70. The Morgan fingerprint density at radius 3 is 2.38 bits per heavy atom. The number of carbonyl (C=O) groups excluding carboxylic acids is 2. The number of hydrogen-bond donors (Lipinski definition) is 1. The minimum Gasteiger partial charge on any atom is -0.507 e. The maximum Gasteiger partial charge on any atom is 0.295 e. The highest BCUT2D eigenvalue weighted by molar-refractivity contribution is 6.46. The van der Waals surface area contributed by atoms with Crippen LogP contribution in [0.3, 0.4) is 0 Å². The molecule has 0 aromatic heterocycles. The van der Waals surface area contributed by atoms with Gasteiger partial charge in [-0.2, -0.15) is 0 Å². The van der Waals surface area contributed by atoms with E-state index in [4.69, 9.17) is 4.74 Å². The molecule has 6 heteroatoms. The smallest absolute Gasteiger partial charge is 0.295 e. The maximum absolute atomic E-state index is 14.6. The van der Waals surface area contributed by atoms with Crippen molar-refractivity contribution in [1.82, 2.24) is 4.90 Å². The van der Waals surface area contributed by atoms with Crippen molar-refractivity contribution < 1.29 is 23.8 Å². The summed E-state index contributed by atoms with van der Waals surface area (Å²) in [5.41, 5.74) is 0.435. The van der Waals surface area contributed by atoms with Crippen LogP contribution < -0.4 is 4.74 Å². The van der Waals surface area contributed by atoms with Gasteiger partial charge in [-0.1, -0.05) is 25.1 Å². The fourth-order valence-corrected chi connectivity index (χ4v) is 3.49. The van der Waals surface area contributed by atoms with Crippen LogP contribution in [0.1, 0.15) is 44.4 Å². The van der Waals surface area contributed by atoms with E-state index in [9.17, 15) is 19.1 Å². The third-order valence-electron chi connectivity index (χ3n) is 4.70. The minimum absolute atomic E-state index is 0.00475. The Kier molecular flexibility index (Phi) is 6.01. The zero-order valence-electron chi connectivity index (χ0n) is 16.7. The molecule has 2 aromatic carbocycles. The normalized spacial score (nSPS) is 18.5. The number of ketones is 1. The second kappa shape index (κ2) is 8.47.